The zero-order chi connectivity index (χ0) is 14.0. The van der Waals surface area contributed by atoms with Gasteiger partial charge in [0.2, 0.25) is 0 Å². The van der Waals surface area contributed by atoms with Gasteiger partial charge in [-0.1, -0.05) is 46.0 Å². The van der Waals surface area contributed by atoms with Gasteiger partial charge in [-0.2, -0.15) is 0 Å². The Balaban J connectivity index is 3.89. The summed E-state index contributed by atoms with van der Waals surface area (Å²) in [5, 5.41) is 27.1. The van der Waals surface area contributed by atoms with Crippen LogP contribution in [0.1, 0.15) is 65.2 Å². The van der Waals surface area contributed by atoms with Crippen LogP contribution in [-0.2, 0) is 9.53 Å². The number of esters is 1. The van der Waals surface area contributed by atoms with E-state index in [0.29, 0.717) is 6.42 Å². The molecule has 0 radical (unpaired) electrons. The molecule has 0 aromatic heterocycles. The second kappa shape index (κ2) is 9.30. The molecule has 0 aliphatic carbocycles. The van der Waals surface area contributed by atoms with Gasteiger partial charge < -0.3 is 20.1 Å². The van der Waals surface area contributed by atoms with Gasteiger partial charge in [0.15, 0.2) is 6.10 Å². The lowest BCUT2D eigenvalue weighted by Crippen LogP contribution is -2.44. The lowest BCUT2D eigenvalue weighted by molar-refractivity contribution is -0.356. The van der Waals surface area contributed by atoms with Gasteiger partial charge in [0.1, 0.15) is 0 Å². The van der Waals surface area contributed by atoms with Crippen molar-refractivity contribution in [3.05, 3.63) is 0 Å². The summed E-state index contributed by atoms with van der Waals surface area (Å²) in [6.07, 6.45) is 4.85. The fraction of sp³-hybridized carbons (Fsp3) is 0.923. The van der Waals surface area contributed by atoms with Crippen molar-refractivity contribution >= 4 is 5.97 Å². The summed E-state index contributed by atoms with van der Waals surface area (Å²) < 4.78 is 4.87. The zero-order valence-electron chi connectivity index (χ0n) is 11.4. The highest BCUT2D eigenvalue weighted by Gasteiger charge is 2.34. The van der Waals surface area contributed by atoms with Crippen molar-refractivity contribution in [2.75, 3.05) is 0 Å². The van der Waals surface area contributed by atoms with Crippen LogP contribution in [0, 0.1) is 0 Å². The second-order valence-corrected chi connectivity index (χ2v) is 4.62. The maximum atomic E-state index is 11.5. The Bertz CT molecular complexity index is 222. The molecule has 0 aromatic carbocycles. The first kappa shape index (κ1) is 17.4. The predicted octanol–water partition coefficient (Wildman–Crippen LogP) is 1.69. The Morgan fingerprint density at radius 3 is 2.17 bits per heavy atom. The van der Waals surface area contributed by atoms with Crippen LogP contribution in [0.25, 0.3) is 0 Å². The molecule has 0 bridgehead atoms. The van der Waals surface area contributed by atoms with Gasteiger partial charge in [0, 0.05) is 6.42 Å². The molecular weight excluding hydrogens is 236 g/mol. The summed E-state index contributed by atoms with van der Waals surface area (Å²) in [7, 11) is 0. The van der Waals surface area contributed by atoms with Crippen molar-refractivity contribution in [2.45, 2.75) is 77.3 Å². The first-order valence-corrected chi connectivity index (χ1v) is 6.78. The molecule has 5 heteroatoms. The van der Waals surface area contributed by atoms with Crippen molar-refractivity contribution in [2.24, 2.45) is 0 Å². The number of aliphatic hydroxyl groups is 3. The summed E-state index contributed by atoms with van der Waals surface area (Å²) in [5.41, 5.74) is 0. The van der Waals surface area contributed by atoms with Crippen LogP contribution in [0.5, 0.6) is 0 Å². The van der Waals surface area contributed by atoms with Crippen molar-refractivity contribution in [1.82, 2.24) is 0 Å². The van der Waals surface area contributed by atoms with Gasteiger partial charge in [-0.05, 0) is 12.8 Å². The second-order valence-electron chi connectivity index (χ2n) is 4.62. The normalized spacial score (nSPS) is 13.4. The minimum atomic E-state index is -2.95. The van der Waals surface area contributed by atoms with E-state index in [2.05, 4.69) is 6.92 Å². The Labute approximate surface area is 109 Å². The molecule has 0 amide bonds. The van der Waals surface area contributed by atoms with Gasteiger partial charge in [0.05, 0.1) is 0 Å². The van der Waals surface area contributed by atoms with Gasteiger partial charge >= 0.3 is 11.9 Å². The first-order valence-electron chi connectivity index (χ1n) is 6.78. The Morgan fingerprint density at radius 1 is 1.06 bits per heavy atom. The van der Waals surface area contributed by atoms with Gasteiger partial charge in [0.25, 0.3) is 0 Å². The molecule has 0 saturated carbocycles. The lowest BCUT2D eigenvalue weighted by atomic mass is 10.1. The third kappa shape index (κ3) is 8.44. The highest BCUT2D eigenvalue weighted by atomic mass is 16.7. The summed E-state index contributed by atoms with van der Waals surface area (Å²) in [4.78, 5) is 11.5. The summed E-state index contributed by atoms with van der Waals surface area (Å²) >= 11 is 0. The van der Waals surface area contributed by atoms with Gasteiger partial charge in [-0.25, -0.2) is 0 Å². The van der Waals surface area contributed by atoms with E-state index in [4.69, 9.17) is 20.1 Å². The number of carbonyl (C=O) groups excluding carboxylic acids is 1. The Hall–Kier alpha value is -0.650. The molecule has 1 atom stereocenters. The Kier molecular flexibility index (Phi) is 8.97. The van der Waals surface area contributed by atoms with Crippen LogP contribution in [0.15, 0.2) is 0 Å². The summed E-state index contributed by atoms with van der Waals surface area (Å²) in [5.74, 6) is -3.44. The summed E-state index contributed by atoms with van der Waals surface area (Å²) in [6.45, 7) is 3.92. The van der Waals surface area contributed by atoms with E-state index in [9.17, 15) is 4.79 Å². The van der Waals surface area contributed by atoms with E-state index < -0.39 is 18.0 Å². The van der Waals surface area contributed by atoms with E-state index >= 15 is 0 Å². The SMILES string of the molecule is CCCCCCCC(=O)OC(CCC)C(O)(O)O. The number of unbranched alkanes of at least 4 members (excludes halogenated alkanes) is 4. The van der Waals surface area contributed by atoms with Crippen LogP contribution in [0.3, 0.4) is 0 Å². The minimum Gasteiger partial charge on any atom is -0.454 e. The van der Waals surface area contributed by atoms with Crippen LogP contribution >= 0.6 is 0 Å². The molecule has 18 heavy (non-hydrogen) atoms. The molecule has 0 rings (SSSR count). The average molecular weight is 262 g/mol. The lowest BCUT2D eigenvalue weighted by Gasteiger charge is -2.25. The number of ether oxygens (including phenoxy) is 1. The van der Waals surface area contributed by atoms with E-state index in [1.165, 1.54) is 0 Å². The topological polar surface area (TPSA) is 87.0 Å². The monoisotopic (exact) mass is 262 g/mol. The van der Waals surface area contributed by atoms with E-state index in [0.717, 1.165) is 32.1 Å². The van der Waals surface area contributed by atoms with Crippen molar-refractivity contribution in [3.63, 3.8) is 0 Å². The molecular formula is C13H26O5. The first-order chi connectivity index (χ1) is 8.41. The number of hydrogen-bond donors (Lipinski definition) is 3. The van der Waals surface area contributed by atoms with Crippen LogP contribution in [0.2, 0.25) is 0 Å². The fourth-order valence-electron chi connectivity index (χ4n) is 1.68. The average Bonchev–Trinajstić information content (AvgIpc) is 2.27. The van der Waals surface area contributed by atoms with E-state index in [1.807, 2.05) is 0 Å². The van der Waals surface area contributed by atoms with E-state index in [1.54, 1.807) is 6.92 Å². The van der Waals surface area contributed by atoms with Gasteiger partial charge in [-0.3, -0.25) is 4.79 Å². The van der Waals surface area contributed by atoms with Gasteiger partial charge in [-0.15, -0.1) is 0 Å². The van der Waals surface area contributed by atoms with Crippen molar-refractivity contribution in [1.29, 1.82) is 0 Å². The maximum absolute atomic E-state index is 11.5. The molecule has 5 nitrogen and oxygen atoms in total. The molecule has 0 aliphatic rings. The van der Waals surface area contributed by atoms with E-state index in [-0.39, 0.29) is 12.8 Å². The maximum Gasteiger partial charge on any atom is 0.314 e. The zero-order valence-corrected chi connectivity index (χ0v) is 11.4. The smallest absolute Gasteiger partial charge is 0.314 e. The molecule has 0 aliphatic heterocycles. The van der Waals surface area contributed by atoms with Crippen molar-refractivity contribution < 1.29 is 24.9 Å². The van der Waals surface area contributed by atoms with Crippen molar-refractivity contribution in [3.8, 4) is 0 Å². The Morgan fingerprint density at radius 2 is 1.67 bits per heavy atom. The standard InChI is InChI=1S/C13H26O5/c1-3-5-6-7-8-10-12(14)18-11(9-4-2)13(15,16)17/h11,15-17H,3-10H2,1-2H3. The van der Waals surface area contributed by atoms with Crippen LogP contribution < -0.4 is 0 Å². The molecule has 0 spiro atoms. The quantitative estimate of drug-likeness (QED) is 0.317. The summed E-state index contributed by atoms with van der Waals surface area (Å²) in [6, 6.07) is 0. The highest BCUT2D eigenvalue weighted by Crippen LogP contribution is 2.15. The largest absolute Gasteiger partial charge is 0.454 e. The molecule has 108 valence electrons. The molecule has 3 N–H and O–H groups in total. The highest BCUT2D eigenvalue weighted by molar-refractivity contribution is 5.69. The third-order valence-corrected chi connectivity index (χ3v) is 2.74. The molecule has 0 heterocycles. The molecule has 0 aromatic rings. The van der Waals surface area contributed by atoms with Crippen LogP contribution in [0.4, 0.5) is 0 Å². The number of hydrogen-bond acceptors (Lipinski definition) is 5. The number of rotatable bonds is 10. The third-order valence-electron chi connectivity index (χ3n) is 2.74. The molecule has 1 unspecified atom stereocenters. The predicted molar refractivity (Wildman–Crippen MR) is 67.6 cm³/mol. The van der Waals surface area contributed by atoms with Crippen LogP contribution in [-0.4, -0.2) is 33.4 Å². The fourth-order valence-corrected chi connectivity index (χ4v) is 1.68. The minimum absolute atomic E-state index is 0.213. The molecule has 0 fully saturated rings. The number of carbonyl (C=O) groups is 1. The molecule has 0 saturated heterocycles.